The van der Waals surface area contributed by atoms with Crippen molar-refractivity contribution >= 4 is 5.69 Å². The predicted octanol–water partition coefficient (Wildman–Crippen LogP) is 2.47. The molecule has 1 fully saturated rings. The Labute approximate surface area is 165 Å². The van der Waals surface area contributed by atoms with E-state index < -0.39 is 0 Å². The van der Waals surface area contributed by atoms with E-state index in [4.69, 9.17) is 4.74 Å². The van der Waals surface area contributed by atoms with Crippen molar-refractivity contribution in [2.45, 2.75) is 32.0 Å². The summed E-state index contributed by atoms with van der Waals surface area (Å²) in [6.07, 6.45) is 9.88. The van der Waals surface area contributed by atoms with E-state index in [0.717, 1.165) is 44.7 Å². The zero-order valence-electron chi connectivity index (χ0n) is 16.4. The summed E-state index contributed by atoms with van der Waals surface area (Å²) < 4.78 is 9.21. The van der Waals surface area contributed by atoms with E-state index in [2.05, 4.69) is 49.1 Å². The number of nitrogens with one attached hydrogen (secondary N) is 1. The average Bonchev–Trinajstić information content (AvgIpc) is 3.43. The van der Waals surface area contributed by atoms with Gasteiger partial charge in [0.25, 0.3) is 0 Å². The number of hydrogen-bond acceptors (Lipinski definition) is 5. The fourth-order valence-electron chi connectivity index (χ4n) is 3.71. The average molecular weight is 380 g/mol. The summed E-state index contributed by atoms with van der Waals surface area (Å²) in [6.45, 7) is 4.55. The van der Waals surface area contributed by atoms with E-state index in [9.17, 15) is 0 Å². The molecule has 0 aliphatic carbocycles. The minimum atomic E-state index is 0.547. The van der Waals surface area contributed by atoms with Crippen molar-refractivity contribution in [3.05, 3.63) is 60.9 Å². The van der Waals surface area contributed by atoms with Crippen molar-refractivity contribution in [2.75, 3.05) is 31.7 Å². The van der Waals surface area contributed by atoms with Crippen molar-refractivity contribution in [2.24, 2.45) is 0 Å². The highest BCUT2D eigenvalue weighted by Crippen LogP contribution is 2.21. The van der Waals surface area contributed by atoms with E-state index in [1.807, 2.05) is 29.5 Å². The first-order valence-corrected chi connectivity index (χ1v) is 9.90. The van der Waals surface area contributed by atoms with Crippen LogP contribution in [0.2, 0.25) is 0 Å². The standard InChI is InChI=1S/C21H28N6O/c1-28-14-13-26-17-22-15-21(26)16-23-18-7-11-25(12-8-18)19-3-5-20(6-4-19)27-10-2-9-24-27/h2-6,9-10,15,17-18,23H,7-8,11-14,16H2,1H3. The summed E-state index contributed by atoms with van der Waals surface area (Å²) in [4.78, 5) is 6.74. The van der Waals surface area contributed by atoms with Gasteiger partial charge in [0.2, 0.25) is 0 Å². The van der Waals surface area contributed by atoms with Crippen LogP contribution in [-0.2, 0) is 17.8 Å². The van der Waals surface area contributed by atoms with E-state index in [-0.39, 0.29) is 0 Å². The lowest BCUT2D eigenvalue weighted by atomic mass is 10.0. The first kappa shape index (κ1) is 18.7. The van der Waals surface area contributed by atoms with Gasteiger partial charge in [-0.25, -0.2) is 9.67 Å². The lowest BCUT2D eigenvalue weighted by Gasteiger charge is -2.34. The molecular formula is C21H28N6O. The number of methoxy groups -OCH3 is 1. The van der Waals surface area contributed by atoms with Gasteiger partial charge in [-0.1, -0.05) is 0 Å². The van der Waals surface area contributed by atoms with E-state index in [1.54, 1.807) is 13.3 Å². The normalized spacial score (nSPS) is 15.2. The fourth-order valence-corrected chi connectivity index (χ4v) is 3.71. The molecule has 0 saturated carbocycles. The van der Waals surface area contributed by atoms with Gasteiger partial charge in [0.05, 0.1) is 24.3 Å². The summed E-state index contributed by atoms with van der Waals surface area (Å²) in [6, 6.07) is 11.1. The van der Waals surface area contributed by atoms with Crippen LogP contribution in [0.1, 0.15) is 18.5 Å². The van der Waals surface area contributed by atoms with Gasteiger partial charge in [0, 0.05) is 63.6 Å². The second-order valence-electron chi connectivity index (χ2n) is 7.18. The third kappa shape index (κ3) is 4.43. The van der Waals surface area contributed by atoms with Crippen LogP contribution in [0.5, 0.6) is 0 Å². The molecule has 4 rings (SSSR count). The number of ether oxygens (including phenoxy) is 1. The number of hydrogen-bond donors (Lipinski definition) is 1. The monoisotopic (exact) mass is 380 g/mol. The zero-order chi connectivity index (χ0) is 19.2. The first-order valence-electron chi connectivity index (χ1n) is 9.90. The SMILES string of the molecule is COCCn1cncc1CNC1CCN(c2ccc(-n3cccn3)cc2)CC1. The third-order valence-electron chi connectivity index (χ3n) is 5.39. The Morgan fingerprint density at radius 1 is 1.14 bits per heavy atom. The maximum atomic E-state index is 5.17. The topological polar surface area (TPSA) is 60.1 Å². The number of anilines is 1. The Kier molecular flexibility index (Phi) is 6.04. The van der Waals surface area contributed by atoms with Gasteiger partial charge in [-0.2, -0.15) is 5.10 Å². The van der Waals surface area contributed by atoms with Crippen LogP contribution in [0, 0.1) is 0 Å². The van der Waals surface area contributed by atoms with Gasteiger partial charge < -0.3 is 19.5 Å². The molecule has 0 atom stereocenters. The van der Waals surface area contributed by atoms with E-state index in [0.29, 0.717) is 12.6 Å². The van der Waals surface area contributed by atoms with E-state index >= 15 is 0 Å². The molecule has 1 aromatic carbocycles. The second kappa shape index (κ2) is 9.03. The van der Waals surface area contributed by atoms with Crippen LogP contribution >= 0.6 is 0 Å². The zero-order valence-corrected chi connectivity index (χ0v) is 16.4. The van der Waals surface area contributed by atoms with Gasteiger partial charge in [-0.15, -0.1) is 0 Å². The lowest BCUT2D eigenvalue weighted by Crippen LogP contribution is -2.42. The molecule has 0 bridgehead atoms. The molecule has 3 aromatic rings. The highest BCUT2D eigenvalue weighted by Gasteiger charge is 2.19. The van der Waals surface area contributed by atoms with Crippen LogP contribution in [0.25, 0.3) is 5.69 Å². The fraction of sp³-hybridized carbons (Fsp3) is 0.429. The lowest BCUT2D eigenvalue weighted by molar-refractivity contribution is 0.186. The number of rotatable bonds is 8. The number of piperidine rings is 1. The largest absolute Gasteiger partial charge is 0.383 e. The predicted molar refractivity (Wildman–Crippen MR) is 110 cm³/mol. The summed E-state index contributed by atoms with van der Waals surface area (Å²) in [7, 11) is 1.73. The molecular weight excluding hydrogens is 352 g/mol. The smallest absolute Gasteiger partial charge is 0.0949 e. The molecule has 1 saturated heterocycles. The highest BCUT2D eigenvalue weighted by atomic mass is 16.5. The van der Waals surface area contributed by atoms with E-state index in [1.165, 1.54) is 11.4 Å². The molecule has 0 unspecified atom stereocenters. The van der Waals surface area contributed by atoms with Gasteiger partial charge >= 0.3 is 0 Å². The molecule has 0 amide bonds. The molecule has 1 aliphatic heterocycles. The van der Waals surface area contributed by atoms with Gasteiger partial charge in [0.15, 0.2) is 0 Å². The molecule has 28 heavy (non-hydrogen) atoms. The van der Waals surface area contributed by atoms with Crippen molar-refractivity contribution in [1.82, 2.24) is 24.6 Å². The third-order valence-corrected chi connectivity index (χ3v) is 5.39. The molecule has 1 N–H and O–H groups in total. The Hall–Kier alpha value is -2.64. The van der Waals surface area contributed by atoms with Crippen LogP contribution in [-0.4, -0.2) is 52.2 Å². The summed E-state index contributed by atoms with van der Waals surface area (Å²) in [5, 5.41) is 7.98. The Balaban J connectivity index is 1.26. The first-order chi connectivity index (χ1) is 13.8. The van der Waals surface area contributed by atoms with Crippen LogP contribution in [0.3, 0.4) is 0 Å². The molecule has 0 radical (unpaired) electrons. The maximum Gasteiger partial charge on any atom is 0.0949 e. The van der Waals surface area contributed by atoms with Gasteiger partial charge in [-0.05, 0) is 43.2 Å². The van der Waals surface area contributed by atoms with Crippen LogP contribution < -0.4 is 10.2 Å². The molecule has 148 valence electrons. The van der Waals surface area contributed by atoms with Crippen LogP contribution in [0.15, 0.2) is 55.2 Å². The number of nitrogens with zero attached hydrogens (tertiary/aromatic N) is 5. The Morgan fingerprint density at radius 2 is 1.93 bits per heavy atom. The van der Waals surface area contributed by atoms with Crippen molar-refractivity contribution in [3.8, 4) is 5.69 Å². The van der Waals surface area contributed by atoms with Gasteiger partial charge in [0.1, 0.15) is 0 Å². The number of benzene rings is 1. The highest BCUT2D eigenvalue weighted by molar-refractivity contribution is 5.51. The number of aromatic nitrogens is 4. The number of imidazole rings is 1. The molecule has 1 aliphatic rings. The van der Waals surface area contributed by atoms with Crippen molar-refractivity contribution < 1.29 is 4.74 Å². The van der Waals surface area contributed by atoms with Crippen molar-refractivity contribution in [3.63, 3.8) is 0 Å². The summed E-state index contributed by atoms with van der Waals surface area (Å²) in [5.74, 6) is 0. The summed E-state index contributed by atoms with van der Waals surface area (Å²) in [5.41, 5.74) is 3.59. The molecule has 7 heteroatoms. The molecule has 0 spiro atoms. The molecule has 2 aromatic heterocycles. The maximum absolute atomic E-state index is 5.17. The Bertz CT molecular complexity index is 834. The second-order valence-corrected chi connectivity index (χ2v) is 7.18. The van der Waals surface area contributed by atoms with Crippen LogP contribution in [0.4, 0.5) is 5.69 Å². The Morgan fingerprint density at radius 3 is 2.64 bits per heavy atom. The summed E-state index contributed by atoms with van der Waals surface area (Å²) >= 11 is 0. The van der Waals surface area contributed by atoms with Gasteiger partial charge in [-0.3, -0.25) is 0 Å². The molecule has 7 nitrogen and oxygen atoms in total. The minimum Gasteiger partial charge on any atom is -0.383 e. The quantitative estimate of drug-likeness (QED) is 0.651. The molecule has 3 heterocycles. The van der Waals surface area contributed by atoms with Crippen molar-refractivity contribution in [1.29, 1.82) is 0 Å². The minimum absolute atomic E-state index is 0.547.